The molecule has 0 saturated carbocycles. The zero-order valence-corrected chi connectivity index (χ0v) is 16.3. The monoisotopic (exact) mass is 409 g/mol. The van der Waals surface area contributed by atoms with Crippen LogP contribution in [-0.4, -0.2) is 46.0 Å². The van der Waals surface area contributed by atoms with E-state index in [2.05, 4.69) is 25.6 Å². The predicted octanol–water partition coefficient (Wildman–Crippen LogP) is 2.77. The quantitative estimate of drug-likeness (QED) is 0.476. The number of benzene rings is 1. The molecule has 1 unspecified atom stereocenters. The van der Waals surface area contributed by atoms with Gasteiger partial charge in [-0.1, -0.05) is 25.1 Å². The maximum atomic E-state index is 14.1. The Kier molecular flexibility index (Phi) is 5.46. The van der Waals surface area contributed by atoms with Crippen molar-refractivity contribution >= 4 is 17.0 Å². The van der Waals surface area contributed by atoms with Crippen molar-refractivity contribution in [2.45, 2.75) is 32.9 Å². The number of pyridine rings is 1. The Hall–Kier alpha value is -3.69. The molecule has 0 bridgehead atoms. The van der Waals surface area contributed by atoms with Crippen LogP contribution in [0.1, 0.15) is 25.3 Å². The molecule has 1 N–H and O–H groups in total. The van der Waals surface area contributed by atoms with Gasteiger partial charge in [0.15, 0.2) is 5.65 Å². The van der Waals surface area contributed by atoms with Gasteiger partial charge in [-0.3, -0.25) is 4.79 Å². The van der Waals surface area contributed by atoms with Gasteiger partial charge in [0, 0.05) is 18.3 Å². The standard InChI is InChI=1S/C20H20FN7O2/c1-2-13(20(29)30)9-11-27-19(23-25-26-27)17-15-7-5-10-22-18(15)28(24-17)12-14-6-3-4-8-16(14)21/h3-8,10,13H,2,9,11-12H2,1H3,(H,29,30). The lowest BCUT2D eigenvalue weighted by molar-refractivity contribution is -0.142. The second kappa shape index (κ2) is 8.36. The maximum Gasteiger partial charge on any atom is 0.306 e. The van der Waals surface area contributed by atoms with Crippen LogP contribution in [0.15, 0.2) is 42.6 Å². The van der Waals surface area contributed by atoms with Gasteiger partial charge in [-0.15, -0.1) is 5.10 Å². The molecule has 0 spiro atoms. The number of aryl methyl sites for hydroxylation is 1. The van der Waals surface area contributed by atoms with E-state index in [0.717, 1.165) is 5.39 Å². The highest BCUT2D eigenvalue weighted by Crippen LogP contribution is 2.26. The van der Waals surface area contributed by atoms with Gasteiger partial charge in [0.05, 0.1) is 17.8 Å². The van der Waals surface area contributed by atoms with Gasteiger partial charge in [-0.05, 0) is 41.5 Å². The van der Waals surface area contributed by atoms with Gasteiger partial charge in [-0.25, -0.2) is 18.7 Å². The van der Waals surface area contributed by atoms with E-state index >= 15 is 0 Å². The first-order chi connectivity index (χ1) is 14.6. The number of carboxylic acid groups (broad SMARTS) is 1. The van der Waals surface area contributed by atoms with Gasteiger partial charge in [0.1, 0.15) is 11.5 Å². The van der Waals surface area contributed by atoms with Crippen molar-refractivity contribution in [2.75, 3.05) is 0 Å². The molecule has 0 fully saturated rings. The molecule has 30 heavy (non-hydrogen) atoms. The highest BCUT2D eigenvalue weighted by molar-refractivity contribution is 5.89. The van der Waals surface area contributed by atoms with Crippen molar-refractivity contribution in [3.8, 4) is 11.5 Å². The number of tetrazole rings is 1. The number of aromatic nitrogens is 7. The molecular weight excluding hydrogens is 389 g/mol. The van der Waals surface area contributed by atoms with Crippen LogP contribution in [0.5, 0.6) is 0 Å². The van der Waals surface area contributed by atoms with E-state index in [1.165, 1.54) is 6.07 Å². The zero-order valence-electron chi connectivity index (χ0n) is 16.3. The molecule has 0 aliphatic rings. The van der Waals surface area contributed by atoms with E-state index in [0.29, 0.717) is 42.1 Å². The number of carboxylic acids is 1. The van der Waals surface area contributed by atoms with E-state index < -0.39 is 11.9 Å². The molecule has 1 atom stereocenters. The van der Waals surface area contributed by atoms with Crippen molar-refractivity contribution in [3.05, 3.63) is 54.0 Å². The van der Waals surface area contributed by atoms with Gasteiger partial charge in [0.25, 0.3) is 0 Å². The van der Waals surface area contributed by atoms with Crippen molar-refractivity contribution in [2.24, 2.45) is 5.92 Å². The van der Waals surface area contributed by atoms with E-state index in [9.17, 15) is 14.3 Å². The molecule has 4 aromatic rings. The lowest BCUT2D eigenvalue weighted by Gasteiger charge is -2.09. The fourth-order valence-corrected chi connectivity index (χ4v) is 3.38. The molecule has 3 aromatic heterocycles. The third-order valence-electron chi connectivity index (χ3n) is 5.06. The molecule has 4 rings (SSSR count). The first-order valence-electron chi connectivity index (χ1n) is 9.62. The fourth-order valence-electron chi connectivity index (χ4n) is 3.38. The molecule has 1 aromatic carbocycles. The summed E-state index contributed by atoms with van der Waals surface area (Å²) in [7, 11) is 0. The lowest BCUT2D eigenvalue weighted by Crippen LogP contribution is -2.16. The molecule has 0 radical (unpaired) electrons. The molecule has 3 heterocycles. The minimum atomic E-state index is -0.837. The molecule has 0 amide bonds. The summed E-state index contributed by atoms with van der Waals surface area (Å²) in [6, 6.07) is 10.2. The third-order valence-corrected chi connectivity index (χ3v) is 5.06. The third kappa shape index (κ3) is 3.76. The number of hydrogen-bond donors (Lipinski definition) is 1. The first kappa shape index (κ1) is 19.6. The summed E-state index contributed by atoms with van der Waals surface area (Å²) in [5.41, 5.74) is 1.59. The van der Waals surface area contributed by atoms with Crippen LogP contribution in [0, 0.1) is 11.7 Å². The van der Waals surface area contributed by atoms with Crippen LogP contribution in [0.3, 0.4) is 0 Å². The summed E-state index contributed by atoms with van der Waals surface area (Å²) in [5, 5.41) is 26.5. The Morgan fingerprint density at radius 1 is 1.20 bits per heavy atom. The minimum absolute atomic E-state index is 0.207. The number of halogens is 1. The number of nitrogens with zero attached hydrogens (tertiary/aromatic N) is 7. The Labute approximate surface area is 171 Å². The van der Waals surface area contributed by atoms with E-state index in [1.807, 2.05) is 13.0 Å². The fraction of sp³-hybridized carbons (Fsp3) is 0.300. The molecule has 9 nitrogen and oxygen atoms in total. The number of hydrogen-bond acceptors (Lipinski definition) is 6. The average molecular weight is 409 g/mol. The van der Waals surface area contributed by atoms with E-state index in [1.54, 1.807) is 39.8 Å². The predicted molar refractivity (Wildman–Crippen MR) is 106 cm³/mol. The zero-order chi connectivity index (χ0) is 21.1. The summed E-state index contributed by atoms with van der Waals surface area (Å²) in [6.45, 7) is 2.39. The number of aliphatic carboxylic acids is 1. The smallest absolute Gasteiger partial charge is 0.306 e. The Morgan fingerprint density at radius 3 is 2.80 bits per heavy atom. The lowest BCUT2D eigenvalue weighted by atomic mass is 10.0. The number of carbonyl (C=O) groups is 1. The Morgan fingerprint density at radius 2 is 2.03 bits per heavy atom. The molecular formula is C20H20FN7O2. The van der Waals surface area contributed by atoms with Crippen LogP contribution in [-0.2, 0) is 17.9 Å². The molecule has 0 saturated heterocycles. The van der Waals surface area contributed by atoms with Crippen LogP contribution in [0.2, 0.25) is 0 Å². The average Bonchev–Trinajstić information content (AvgIpc) is 3.34. The van der Waals surface area contributed by atoms with Gasteiger partial charge >= 0.3 is 5.97 Å². The topological polar surface area (TPSA) is 112 Å². The highest BCUT2D eigenvalue weighted by atomic mass is 19.1. The second-order valence-electron chi connectivity index (χ2n) is 6.93. The second-order valence-corrected chi connectivity index (χ2v) is 6.93. The Balaban J connectivity index is 1.70. The van der Waals surface area contributed by atoms with Crippen molar-refractivity contribution in [1.29, 1.82) is 0 Å². The highest BCUT2D eigenvalue weighted by Gasteiger charge is 2.21. The molecule has 0 aliphatic heterocycles. The van der Waals surface area contributed by atoms with Crippen LogP contribution >= 0.6 is 0 Å². The summed E-state index contributed by atoms with van der Waals surface area (Å²) >= 11 is 0. The van der Waals surface area contributed by atoms with Gasteiger partial charge in [-0.2, -0.15) is 5.10 Å². The van der Waals surface area contributed by atoms with Gasteiger partial charge in [0.2, 0.25) is 5.82 Å². The minimum Gasteiger partial charge on any atom is -0.481 e. The molecule has 10 heteroatoms. The Bertz CT molecular complexity index is 1190. The summed E-state index contributed by atoms with van der Waals surface area (Å²) in [6.07, 6.45) is 2.57. The van der Waals surface area contributed by atoms with E-state index in [4.69, 9.17) is 0 Å². The SMILES string of the molecule is CCC(CCn1nnnc1-c1nn(Cc2ccccc2F)c2ncccc12)C(=O)O. The summed E-state index contributed by atoms with van der Waals surface area (Å²) in [5.74, 6) is -1.21. The van der Waals surface area contributed by atoms with Crippen molar-refractivity contribution < 1.29 is 14.3 Å². The van der Waals surface area contributed by atoms with Crippen molar-refractivity contribution in [1.82, 2.24) is 35.0 Å². The molecule has 0 aliphatic carbocycles. The largest absolute Gasteiger partial charge is 0.481 e. The first-order valence-corrected chi connectivity index (χ1v) is 9.62. The van der Waals surface area contributed by atoms with E-state index in [-0.39, 0.29) is 12.4 Å². The van der Waals surface area contributed by atoms with Gasteiger partial charge < -0.3 is 5.11 Å². The van der Waals surface area contributed by atoms with Crippen LogP contribution < -0.4 is 0 Å². The summed E-state index contributed by atoms with van der Waals surface area (Å²) < 4.78 is 17.3. The van der Waals surface area contributed by atoms with Crippen molar-refractivity contribution in [3.63, 3.8) is 0 Å². The number of rotatable bonds is 8. The summed E-state index contributed by atoms with van der Waals surface area (Å²) in [4.78, 5) is 15.7. The maximum absolute atomic E-state index is 14.1. The van der Waals surface area contributed by atoms with Crippen LogP contribution in [0.4, 0.5) is 4.39 Å². The normalized spacial score (nSPS) is 12.3. The number of fused-ring (bicyclic) bond motifs is 1. The van der Waals surface area contributed by atoms with Crippen LogP contribution in [0.25, 0.3) is 22.6 Å². The molecule has 154 valence electrons.